The molecule has 0 radical (unpaired) electrons. The van der Waals surface area contributed by atoms with Crippen LogP contribution in [0.25, 0.3) is 5.69 Å². The fourth-order valence-corrected chi connectivity index (χ4v) is 3.16. The van der Waals surface area contributed by atoms with Crippen LogP contribution in [0.3, 0.4) is 0 Å². The molecule has 3 aromatic rings. The van der Waals surface area contributed by atoms with Crippen molar-refractivity contribution in [3.05, 3.63) is 52.3 Å². The number of aromatic nitrogens is 4. The number of nitrogens with zero attached hydrogens (tertiary/aromatic N) is 4. The van der Waals surface area contributed by atoms with Crippen LogP contribution in [0.15, 0.2) is 40.9 Å². The van der Waals surface area contributed by atoms with Gasteiger partial charge in [-0.25, -0.2) is 0 Å². The van der Waals surface area contributed by atoms with Crippen molar-refractivity contribution in [2.24, 2.45) is 0 Å². The fourth-order valence-electron chi connectivity index (χ4n) is 2.58. The molecule has 8 nitrogen and oxygen atoms in total. The largest absolute Gasteiger partial charge is 0.494 e. The molecule has 1 aromatic heterocycles. The topological polar surface area (TPSA) is 91.2 Å². The number of aryl methyl sites for hydroxylation is 2. The summed E-state index contributed by atoms with van der Waals surface area (Å²) in [5.41, 5.74) is 2.30. The van der Waals surface area contributed by atoms with Crippen LogP contribution in [0.4, 0.5) is 5.69 Å². The van der Waals surface area contributed by atoms with E-state index >= 15 is 0 Å². The third-order valence-corrected chi connectivity index (χ3v) is 4.68. The van der Waals surface area contributed by atoms with Crippen molar-refractivity contribution in [3.8, 4) is 17.2 Å². The highest BCUT2D eigenvalue weighted by Crippen LogP contribution is 2.28. The second kappa shape index (κ2) is 8.39. The lowest BCUT2D eigenvalue weighted by molar-refractivity contribution is -0.122. The van der Waals surface area contributed by atoms with E-state index in [0.717, 1.165) is 10.0 Å². The molecule has 0 spiro atoms. The zero-order chi connectivity index (χ0) is 20.3. The molecule has 1 N–H and O–H groups in total. The van der Waals surface area contributed by atoms with Gasteiger partial charge in [-0.15, -0.1) is 5.10 Å². The van der Waals surface area contributed by atoms with E-state index in [1.807, 2.05) is 25.1 Å². The van der Waals surface area contributed by atoms with E-state index in [4.69, 9.17) is 9.47 Å². The van der Waals surface area contributed by atoms with Crippen molar-refractivity contribution in [1.29, 1.82) is 0 Å². The van der Waals surface area contributed by atoms with Crippen molar-refractivity contribution in [3.63, 3.8) is 0 Å². The summed E-state index contributed by atoms with van der Waals surface area (Å²) in [6, 6.07) is 10.9. The average Bonchev–Trinajstić information content (AvgIpc) is 3.09. The minimum absolute atomic E-state index is 0.281. The number of rotatable bonds is 6. The molecule has 1 amide bonds. The molecule has 2 aromatic carbocycles. The van der Waals surface area contributed by atoms with Crippen LogP contribution in [-0.2, 0) is 4.79 Å². The first-order valence-corrected chi connectivity index (χ1v) is 9.35. The first-order chi connectivity index (χ1) is 13.4. The summed E-state index contributed by atoms with van der Waals surface area (Å²) in [6.45, 7) is 5.45. The molecule has 0 aliphatic carbocycles. The van der Waals surface area contributed by atoms with E-state index in [-0.39, 0.29) is 5.91 Å². The molecule has 1 heterocycles. The Hall–Kier alpha value is -2.94. The number of carbonyl (C=O) groups excluding carboxylic acids is 1. The summed E-state index contributed by atoms with van der Waals surface area (Å²) in [5.74, 6) is 1.51. The molecule has 28 heavy (non-hydrogen) atoms. The van der Waals surface area contributed by atoms with Crippen molar-refractivity contribution < 1.29 is 14.3 Å². The average molecular weight is 446 g/mol. The number of anilines is 1. The maximum atomic E-state index is 12.6. The molecule has 0 saturated heterocycles. The molecule has 0 fully saturated rings. The summed E-state index contributed by atoms with van der Waals surface area (Å²) >= 11 is 3.45. The van der Waals surface area contributed by atoms with Gasteiger partial charge in [-0.3, -0.25) is 4.79 Å². The molecule has 0 aliphatic rings. The maximum Gasteiger partial charge on any atom is 0.265 e. The predicted molar refractivity (Wildman–Crippen MR) is 108 cm³/mol. The fraction of sp³-hybridized carbons (Fsp3) is 0.263. The first kappa shape index (κ1) is 19.8. The van der Waals surface area contributed by atoms with Crippen LogP contribution >= 0.6 is 15.9 Å². The van der Waals surface area contributed by atoms with Gasteiger partial charge in [-0.05, 0) is 83.0 Å². The molecule has 1 atom stereocenters. The minimum atomic E-state index is -0.695. The highest BCUT2D eigenvalue weighted by molar-refractivity contribution is 9.10. The Morgan fingerprint density at radius 3 is 2.57 bits per heavy atom. The monoisotopic (exact) mass is 445 g/mol. The number of hydrogen-bond donors (Lipinski definition) is 1. The van der Waals surface area contributed by atoms with Crippen LogP contribution < -0.4 is 14.8 Å². The molecule has 0 saturated carbocycles. The highest BCUT2D eigenvalue weighted by atomic mass is 79.9. The Bertz CT molecular complexity index is 1000. The number of ether oxygens (including phenoxy) is 2. The second-order valence-electron chi connectivity index (χ2n) is 6.21. The molecular formula is C19H20BrN5O3. The van der Waals surface area contributed by atoms with E-state index in [1.165, 1.54) is 4.68 Å². The van der Waals surface area contributed by atoms with Gasteiger partial charge in [-0.2, -0.15) is 4.68 Å². The number of hydrogen-bond acceptors (Lipinski definition) is 6. The quantitative estimate of drug-likeness (QED) is 0.624. The molecular weight excluding hydrogens is 426 g/mol. The number of tetrazole rings is 1. The Kier molecular flexibility index (Phi) is 5.93. The normalized spacial score (nSPS) is 11.8. The Labute approximate surface area is 171 Å². The van der Waals surface area contributed by atoms with E-state index in [9.17, 15) is 4.79 Å². The molecule has 146 valence electrons. The van der Waals surface area contributed by atoms with Crippen molar-refractivity contribution in [2.75, 3.05) is 12.4 Å². The van der Waals surface area contributed by atoms with Crippen molar-refractivity contribution in [1.82, 2.24) is 20.2 Å². The standard InChI is InChI=1S/C19H20BrN5O3/c1-11-5-7-17(15(20)9-11)28-12(2)19(26)21-14-6-8-18(27-4)16(10-14)25-13(3)22-23-24-25/h5-10,12H,1-4H3,(H,21,26). The maximum absolute atomic E-state index is 12.6. The third-order valence-electron chi connectivity index (χ3n) is 4.06. The van der Waals surface area contributed by atoms with E-state index in [1.54, 1.807) is 39.2 Å². The first-order valence-electron chi connectivity index (χ1n) is 8.56. The van der Waals surface area contributed by atoms with Crippen LogP contribution in [0, 0.1) is 13.8 Å². The predicted octanol–water partition coefficient (Wildman–Crippen LogP) is 3.46. The molecule has 0 aliphatic heterocycles. The number of halogens is 1. The van der Waals surface area contributed by atoms with Gasteiger partial charge in [0, 0.05) is 5.69 Å². The van der Waals surface area contributed by atoms with Crippen LogP contribution in [0.2, 0.25) is 0 Å². The van der Waals surface area contributed by atoms with Gasteiger partial charge in [0.2, 0.25) is 0 Å². The van der Waals surface area contributed by atoms with Crippen molar-refractivity contribution >= 4 is 27.5 Å². The highest BCUT2D eigenvalue weighted by Gasteiger charge is 2.18. The van der Waals surface area contributed by atoms with Gasteiger partial charge in [0.25, 0.3) is 5.91 Å². The zero-order valence-corrected chi connectivity index (χ0v) is 17.5. The SMILES string of the molecule is COc1ccc(NC(=O)C(C)Oc2ccc(C)cc2Br)cc1-n1nnnc1C. The number of carbonyl (C=O) groups is 1. The van der Waals surface area contributed by atoms with Crippen LogP contribution in [-0.4, -0.2) is 39.3 Å². The zero-order valence-electron chi connectivity index (χ0n) is 15.9. The Morgan fingerprint density at radius 1 is 1.18 bits per heavy atom. The van der Waals surface area contributed by atoms with Crippen LogP contribution in [0.1, 0.15) is 18.3 Å². The lowest BCUT2D eigenvalue weighted by atomic mass is 10.2. The third kappa shape index (κ3) is 4.30. The van der Waals surface area contributed by atoms with Crippen LogP contribution in [0.5, 0.6) is 11.5 Å². The summed E-state index contributed by atoms with van der Waals surface area (Å²) in [5, 5.41) is 14.3. The Morgan fingerprint density at radius 2 is 1.93 bits per heavy atom. The van der Waals surface area contributed by atoms with E-state index in [0.29, 0.717) is 28.7 Å². The number of benzene rings is 2. The van der Waals surface area contributed by atoms with E-state index in [2.05, 4.69) is 36.8 Å². The number of methoxy groups -OCH3 is 1. The number of nitrogens with one attached hydrogen (secondary N) is 1. The molecule has 9 heteroatoms. The van der Waals surface area contributed by atoms with E-state index < -0.39 is 6.10 Å². The summed E-state index contributed by atoms with van der Waals surface area (Å²) in [6.07, 6.45) is -0.695. The lowest BCUT2D eigenvalue weighted by Gasteiger charge is -2.17. The van der Waals surface area contributed by atoms with Gasteiger partial charge in [0.15, 0.2) is 11.9 Å². The smallest absolute Gasteiger partial charge is 0.265 e. The summed E-state index contributed by atoms with van der Waals surface area (Å²) in [4.78, 5) is 12.6. The lowest BCUT2D eigenvalue weighted by Crippen LogP contribution is -2.30. The summed E-state index contributed by atoms with van der Waals surface area (Å²) < 4.78 is 13.5. The van der Waals surface area contributed by atoms with Crippen molar-refractivity contribution in [2.45, 2.75) is 26.9 Å². The molecule has 0 bridgehead atoms. The minimum Gasteiger partial charge on any atom is -0.494 e. The molecule has 3 rings (SSSR count). The Balaban J connectivity index is 1.77. The van der Waals surface area contributed by atoms with Gasteiger partial charge in [-0.1, -0.05) is 6.07 Å². The second-order valence-corrected chi connectivity index (χ2v) is 7.06. The molecule has 1 unspecified atom stereocenters. The van der Waals surface area contributed by atoms with Gasteiger partial charge >= 0.3 is 0 Å². The van der Waals surface area contributed by atoms with Gasteiger partial charge in [0.05, 0.1) is 11.6 Å². The van der Waals surface area contributed by atoms with Gasteiger partial charge < -0.3 is 14.8 Å². The number of amides is 1. The summed E-state index contributed by atoms with van der Waals surface area (Å²) in [7, 11) is 1.56. The van der Waals surface area contributed by atoms with Gasteiger partial charge in [0.1, 0.15) is 17.2 Å².